The summed E-state index contributed by atoms with van der Waals surface area (Å²) in [5, 5.41) is 5.76. The van der Waals surface area contributed by atoms with Gasteiger partial charge in [0.15, 0.2) is 0 Å². The molecule has 0 aromatic heterocycles. The SMILES string of the molecule is COc1ccc(NC(=O)CC(=O)Nc2ccc(OC)cc2Cl)c(Cl)c1. The molecule has 0 spiro atoms. The number of amides is 2. The first-order valence-corrected chi connectivity index (χ1v) is 7.95. The molecule has 2 aromatic carbocycles. The van der Waals surface area contributed by atoms with Crippen LogP contribution in [0, 0.1) is 0 Å². The average molecular weight is 383 g/mol. The Balaban J connectivity index is 1.95. The Morgan fingerprint density at radius 3 is 1.56 bits per heavy atom. The first-order chi connectivity index (χ1) is 11.9. The minimum Gasteiger partial charge on any atom is -0.497 e. The Bertz CT molecular complexity index is 731. The standard InChI is InChI=1S/C17H16Cl2N2O4/c1-24-10-3-5-14(12(18)7-10)20-16(22)9-17(23)21-15-6-4-11(25-2)8-13(15)19/h3-8H,9H2,1-2H3,(H,20,22)(H,21,23). The van der Waals surface area contributed by atoms with E-state index < -0.39 is 11.8 Å². The fourth-order valence-electron chi connectivity index (χ4n) is 1.98. The summed E-state index contributed by atoms with van der Waals surface area (Å²) in [6.07, 6.45) is -0.384. The van der Waals surface area contributed by atoms with Gasteiger partial charge in [-0.15, -0.1) is 0 Å². The van der Waals surface area contributed by atoms with E-state index in [1.165, 1.54) is 14.2 Å². The van der Waals surface area contributed by atoms with Crippen molar-refractivity contribution in [3.63, 3.8) is 0 Å². The highest BCUT2D eigenvalue weighted by molar-refractivity contribution is 6.34. The van der Waals surface area contributed by atoms with E-state index in [2.05, 4.69) is 10.6 Å². The number of hydrogen-bond donors (Lipinski definition) is 2. The fraction of sp³-hybridized carbons (Fsp3) is 0.176. The number of rotatable bonds is 6. The van der Waals surface area contributed by atoms with E-state index in [1.54, 1.807) is 36.4 Å². The number of hydrogen-bond acceptors (Lipinski definition) is 4. The van der Waals surface area contributed by atoms with Crippen LogP contribution in [-0.4, -0.2) is 26.0 Å². The highest BCUT2D eigenvalue weighted by atomic mass is 35.5. The van der Waals surface area contributed by atoms with Gasteiger partial charge < -0.3 is 20.1 Å². The molecule has 0 saturated heterocycles. The quantitative estimate of drug-likeness (QED) is 0.740. The van der Waals surface area contributed by atoms with Gasteiger partial charge in [-0.05, 0) is 24.3 Å². The van der Waals surface area contributed by atoms with E-state index in [9.17, 15) is 9.59 Å². The van der Waals surface area contributed by atoms with Crippen LogP contribution < -0.4 is 20.1 Å². The second kappa shape index (κ2) is 8.60. The summed E-state index contributed by atoms with van der Waals surface area (Å²) in [6, 6.07) is 9.62. The van der Waals surface area contributed by atoms with Gasteiger partial charge in [-0.3, -0.25) is 9.59 Å². The van der Waals surface area contributed by atoms with Gasteiger partial charge in [0.2, 0.25) is 11.8 Å². The number of nitrogens with one attached hydrogen (secondary N) is 2. The molecule has 132 valence electrons. The Labute approximate surface area is 155 Å². The van der Waals surface area contributed by atoms with Crippen LogP contribution in [0.2, 0.25) is 10.0 Å². The number of methoxy groups -OCH3 is 2. The predicted molar refractivity (Wildman–Crippen MR) is 97.9 cm³/mol. The first kappa shape index (κ1) is 18.9. The van der Waals surface area contributed by atoms with Crippen molar-refractivity contribution in [2.24, 2.45) is 0 Å². The zero-order valence-electron chi connectivity index (χ0n) is 13.6. The van der Waals surface area contributed by atoms with E-state index in [-0.39, 0.29) is 6.42 Å². The molecule has 2 N–H and O–H groups in total. The third kappa shape index (κ3) is 5.27. The van der Waals surface area contributed by atoms with Crippen LogP contribution in [0.15, 0.2) is 36.4 Å². The topological polar surface area (TPSA) is 76.7 Å². The molecule has 0 heterocycles. The van der Waals surface area contributed by atoms with E-state index in [0.29, 0.717) is 32.9 Å². The number of halogens is 2. The van der Waals surface area contributed by atoms with Crippen molar-refractivity contribution in [2.45, 2.75) is 6.42 Å². The van der Waals surface area contributed by atoms with Crippen LogP contribution in [-0.2, 0) is 9.59 Å². The molecule has 25 heavy (non-hydrogen) atoms. The van der Waals surface area contributed by atoms with Crippen molar-refractivity contribution >= 4 is 46.4 Å². The van der Waals surface area contributed by atoms with Gasteiger partial charge in [0, 0.05) is 12.1 Å². The Hall–Kier alpha value is -2.44. The maximum absolute atomic E-state index is 12.0. The van der Waals surface area contributed by atoms with Crippen LogP contribution in [0.25, 0.3) is 0 Å². The van der Waals surface area contributed by atoms with Crippen molar-refractivity contribution in [1.82, 2.24) is 0 Å². The van der Waals surface area contributed by atoms with Crippen LogP contribution in [0.4, 0.5) is 11.4 Å². The van der Waals surface area contributed by atoms with E-state index in [4.69, 9.17) is 32.7 Å². The summed E-state index contributed by atoms with van der Waals surface area (Å²) in [4.78, 5) is 24.0. The molecule has 0 radical (unpaired) electrons. The van der Waals surface area contributed by atoms with Crippen molar-refractivity contribution in [2.75, 3.05) is 24.9 Å². The highest BCUT2D eigenvalue weighted by Gasteiger charge is 2.13. The molecule has 2 rings (SSSR count). The van der Waals surface area contributed by atoms with Crippen molar-refractivity contribution < 1.29 is 19.1 Å². The average Bonchev–Trinajstić information content (AvgIpc) is 2.58. The Morgan fingerprint density at radius 2 is 1.24 bits per heavy atom. The predicted octanol–water partition coefficient (Wildman–Crippen LogP) is 3.98. The normalized spacial score (nSPS) is 10.1. The maximum atomic E-state index is 12.0. The molecule has 0 saturated carbocycles. The highest BCUT2D eigenvalue weighted by Crippen LogP contribution is 2.28. The van der Waals surface area contributed by atoms with Gasteiger partial charge in [-0.1, -0.05) is 23.2 Å². The van der Waals surface area contributed by atoms with Crippen molar-refractivity contribution in [3.8, 4) is 11.5 Å². The summed E-state index contributed by atoms with van der Waals surface area (Å²) < 4.78 is 10.1. The maximum Gasteiger partial charge on any atom is 0.233 e. The number of carbonyl (C=O) groups is 2. The number of carbonyl (C=O) groups excluding carboxylic acids is 2. The Morgan fingerprint density at radius 1 is 0.840 bits per heavy atom. The first-order valence-electron chi connectivity index (χ1n) is 7.19. The number of ether oxygens (including phenoxy) is 2. The van der Waals surface area contributed by atoms with E-state index in [1.807, 2.05) is 0 Å². The molecular formula is C17H16Cl2N2O4. The van der Waals surface area contributed by atoms with Crippen LogP contribution in [0.1, 0.15) is 6.42 Å². The molecule has 0 aliphatic rings. The lowest BCUT2D eigenvalue weighted by Crippen LogP contribution is -2.21. The monoisotopic (exact) mass is 382 g/mol. The third-order valence-corrected chi connectivity index (χ3v) is 3.85. The lowest BCUT2D eigenvalue weighted by molar-refractivity contribution is -0.123. The second-order valence-corrected chi connectivity index (χ2v) is 5.78. The van der Waals surface area contributed by atoms with Crippen LogP contribution in [0.5, 0.6) is 11.5 Å². The minimum absolute atomic E-state index is 0.311. The largest absolute Gasteiger partial charge is 0.497 e. The van der Waals surface area contributed by atoms with Gasteiger partial charge in [0.1, 0.15) is 17.9 Å². The number of anilines is 2. The van der Waals surface area contributed by atoms with Crippen LogP contribution in [0.3, 0.4) is 0 Å². The van der Waals surface area contributed by atoms with E-state index in [0.717, 1.165) is 0 Å². The summed E-state index contributed by atoms with van der Waals surface area (Å²) in [6.45, 7) is 0. The second-order valence-electron chi connectivity index (χ2n) is 4.96. The third-order valence-electron chi connectivity index (χ3n) is 3.22. The fourth-order valence-corrected chi connectivity index (χ4v) is 2.42. The smallest absolute Gasteiger partial charge is 0.233 e. The zero-order valence-corrected chi connectivity index (χ0v) is 15.1. The molecule has 0 aliphatic heterocycles. The summed E-state index contributed by atoms with van der Waals surface area (Å²) >= 11 is 12.1. The lowest BCUT2D eigenvalue weighted by Gasteiger charge is -2.10. The van der Waals surface area contributed by atoms with Gasteiger partial charge >= 0.3 is 0 Å². The molecule has 8 heteroatoms. The van der Waals surface area contributed by atoms with Crippen molar-refractivity contribution in [1.29, 1.82) is 0 Å². The molecule has 0 bridgehead atoms. The summed E-state index contributed by atoms with van der Waals surface area (Å²) in [5.41, 5.74) is 0.783. The lowest BCUT2D eigenvalue weighted by atomic mass is 10.2. The van der Waals surface area contributed by atoms with E-state index >= 15 is 0 Å². The molecule has 0 atom stereocenters. The zero-order chi connectivity index (χ0) is 18.4. The van der Waals surface area contributed by atoms with Gasteiger partial charge in [-0.25, -0.2) is 0 Å². The van der Waals surface area contributed by atoms with Gasteiger partial charge in [0.25, 0.3) is 0 Å². The summed E-state index contributed by atoms with van der Waals surface area (Å²) in [7, 11) is 3.02. The van der Waals surface area contributed by atoms with Gasteiger partial charge in [-0.2, -0.15) is 0 Å². The molecule has 2 aromatic rings. The molecule has 0 unspecified atom stereocenters. The minimum atomic E-state index is -0.505. The molecular weight excluding hydrogens is 367 g/mol. The molecule has 2 amide bonds. The Kier molecular flexibility index (Phi) is 6.50. The molecule has 6 nitrogen and oxygen atoms in total. The van der Waals surface area contributed by atoms with Crippen molar-refractivity contribution in [3.05, 3.63) is 46.4 Å². The van der Waals surface area contributed by atoms with Crippen LogP contribution >= 0.6 is 23.2 Å². The molecule has 0 fully saturated rings. The number of benzene rings is 2. The van der Waals surface area contributed by atoms with Gasteiger partial charge in [0.05, 0.1) is 35.6 Å². The summed E-state index contributed by atoms with van der Waals surface area (Å²) in [5.74, 6) is 0.119. The molecule has 0 aliphatic carbocycles.